The van der Waals surface area contributed by atoms with Crippen molar-refractivity contribution in [1.82, 2.24) is 0 Å². The van der Waals surface area contributed by atoms with E-state index in [2.05, 4.69) is 0 Å². The van der Waals surface area contributed by atoms with E-state index in [4.69, 9.17) is 46.4 Å². The molecule has 0 N–H and O–H groups in total. The molecule has 0 aliphatic rings. The lowest BCUT2D eigenvalue weighted by molar-refractivity contribution is 0.0830. The smallest absolute Gasteiger partial charge is 0.191 e. The highest BCUT2D eigenvalue weighted by molar-refractivity contribution is 7.30. The van der Waals surface area contributed by atoms with Crippen LogP contribution in [-0.2, 0) is 4.57 Å². The first-order valence-corrected chi connectivity index (χ1v) is 9.44. The Morgan fingerprint density at radius 3 is 1.40 bits per heavy atom. The van der Waals surface area contributed by atoms with Crippen LogP contribution in [0.25, 0.3) is 0 Å². The minimum atomic E-state index is -1.93. The molecule has 0 fully saturated rings. The Bertz CT molecular complexity index is 763. The summed E-state index contributed by atoms with van der Waals surface area (Å²) in [6.45, 7) is 1.57. The second-order valence-electron chi connectivity index (χ2n) is 5.16. The van der Waals surface area contributed by atoms with Gasteiger partial charge in [0.2, 0.25) is 0 Å². The molecular weight excluding hydrogens is 425 g/mol. The van der Waals surface area contributed by atoms with Crippen molar-refractivity contribution in [2.24, 2.45) is 0 Å². The van der Waals surface area contributed by atoms with E-state index in [1.807, 2.05) is 0 Å². The number of ketones is 2. The van der Waals surface area contributed by atoms with Gasteiger partial charge in [0.1, 0.15) is 0 Å². The van der Waals surface area contributed by atoms with Crippen LogP contribution >= 0.6 is 54.9 Å². The summed E-state index contributed by atoms with van der Waals surface area (Å²) in [7, 11) is -0.696. The largest absolute Gasteiger partial charge is 0.292 e. The van der Waals surface area contributed by atoms with Gasteiger partial charge in [-0.05, 0) is 30.7 Å². The molecule has 2 aromatic rings. The maximum absolute atomic E-state index is 13.1. The highest BCUT2D eigenvalue weighted by Gasteiger charge is 2.48. The zero-order valence-corrected chi connectivity index (χ0v) is 16.8. The molecule has 2 rings (SSSR count). The first kappa shape index (κ1) is 20.4. The summed E-state index contributed by atoms with van der Waals surface area (Å²) in [5, 5.41) is -1.66. The lowest BCUT2D eigenvalue weighted by Gasteiger charge is -2.24. The zero-order chi connectivity index (χ0) is 18.8. The van der Waals surface area contributed by atoms with E-state index in [0.29, 0.717) is 0 Å². The molecule has 0 saturated heterocycles. The van der Waals surface area contributed by atoms with Gasteiger partial charge in [-0.15, -0.1) is 0 Å². The molecule has 2 aromatic carbocycles. The van der Waals surface area contributed by atoms with Gasteiger partial charge in [-0.3, -0.25) is 14.2 Å². The summed E-state index contributed by atoms with van der Waals surface area (Å²) in [6.07, 6.45) is -0.0567. The van der Waals surface area contributed by atoms with Gasteiger partial charge < -0.3 is 0 Å². The molecule has 0 heterocycles. The van der Waals surface area contributed by atoms with Crippen LogP contribution in [0.3, 0.4) is 0 Å². The first-order valence-electron chi connectivity index (χ1n) is 7.12. The Kier molecular flexibility index (Phi) is 6.64. The molecule has 0 spiro atoms. The van der Waals surface area contributed by atoms with E-state index in [0.717, 1.165) is 0 Å². The predicted octanol–water partition coefficient (Wildman–Crippen LogP) is 6.81. The Balaban J connectivity index is 2.69. The summed E-state index contributed by atoms with van der Waals surface area (Å²) in [5.41, 5.74) is -0.125. The SMILES string of the molecule is CCC(P=O)(C(=O)c1c(Cl)cccc1Cl)C(=O)c1c(Cl)cccc1Cl. The number of benzene rings is 2. The van der Waals surface area contributed by atoms with Crippen LogP contribution in [0.5, 0.6) is 0 Å². The molecule has 0 amide bonds. The number of rotatable bonds is 6. The number of carbonyl (C=O) groups is 2. The minimum absolute atomic E-state index is 0.0567. The zero-order valence-electron chi connectivity index (χ0n) is 12.9. The lowest BCUT2D eigenvalue weighted by atomic mass is 9.86. The van der Waals surface area contributed by atoms with Gasteiger partial charge in [-0.2, -0.15) is 0 Å². The molecule has 0 aliphatic carbocycles. The van der Waals surface area contributed by atoms with Crippen molar-refractivity contribution in [2.45, 2.75) is 18.5 Å². The second kappa shape index (κ2) is 8.16. The van der Waals surface area contributed by atoms with Crippen LogP contribution in [0.2, 0.25) is 20.1 Å². The van der Waals surface area contributed by atoms with Crippen LogP contribution in [-0.4, -0.2) is 16.7 Å². The summed E-state index contributed by atoms with van der Waals surface area (Å²) in [5.74, 6) is -1.49. The van der Waals surface area contributed by atoms with E-state index >= 15 is 0 Å². The predicted molar refractivity (Wildman–Crippen MR) is 102 cm³/mol. The molecule has 0 atom stereocenters. The number of hydrogen-bond donors (Lipinski definition) is 0. The van der Waals surface area contributed by atoms with Crippen molar-refractivity contribution < 1.29 is 14.2 Å². The van der Waals surface area contributed by atoms with Crippen LogP contribution in [0.15, 0.2) is 36.4 Å². The van der Waals surface area contributed by atoms with Gasteiger partial charge in [-0.25, -0.2) is 0 Å². The quantitative estimate of drug-likeness (QED) is 0.284. The average Bonchev–Trinajstić information content (AvgIpc) is 2.56. The first-order chi connectivity index (χ1) is 11.8. The Morgan fingerprint density at radius 1 is 0.840 bits per heavy atom. The van der Waals surface area contributed by atoms with E-state index in [9.17, 15) is 14.2 Å². The molecule has 130 valence electrons. The fraction of sp³-hybridized carbons (Fsp3) is 0.176. The third-order valence-electron chi connectivity index (χ3n) is 3.80. The number of hydrogen-bond acceptors (Lipinski definition) is 3. The molecule has 3 nitrogen and oxygen atoms in total. The Hall–Kier alpha value is -0.960. The van der Waals surface area contributed by atoms with Crippen LogP contribution < -0.4 is 0 Å². The standard InChI is InChI=1S/C17H11Cl4O3P/c1-2-17(25-24,15(22)13-9(18)5-3-6-10(13)19)16(23)14-11(20)7-4-8-12(14)21/h3-8H,2H2,1H3. The minimum Gasteiger partial charge on any atom is -0.292 e. The summed E-state index contributed by atoms with van der Waals surface area (Å²) in [6, 6.07) is 9.00. The maximum Gasteiger partial charge on any atom is 0.191 e. The van der Waals surface area contributed by atoms with Crippen molar-refractivity contribution >= 4 is 66.4 Å². The van der Waals surface area contributed by atoms with E-state index in [-0.39, 0.29) is 37.6 Å². The molecule has 0 radical (unpaired) electrons. The van der Waals surface area contributed by atoms with Gasteiger partial charge in [0.05, 0.1) is 31.2 Å². The van der Waals surface area contributed by atoms with Crippen LogP contribution in [0.4, 0.5) is 0 Å². The fourth-order valence-corrected chi connectivity index (χ4v) is 4.07. The van der Waals surface area contributed by atoms with E-state index < -0.39 is 25.2 Å². The number of halogens is 4. The topological polar surface area (TPSA) is 51.2 Å². The lowest BCUT2D eigenvalue weighted by Crippen LogP contribution is -2.41. The van der Waals surface area contributed by atoms with E-state index in [1.54, 1.807) is 19.1 Å². The summed E-state index contributed by atoms with van der Waals surface area (Å²) >= 11 is 24.3. The van der Waals surface area contributed by atoms with Crippen molar-refractivity contribution in [3.8, 4) is 0 Å². The summed E-state index contributed by atoms with van der Waals surface area (Å²) in [4.78, 5) is 26.3. The molecule has 8 heteroatoms. The van der Waals surface area contributed by atoms with Crippen LogP contribution in [0.1, 0.15) is 34.1 Å². The number of carbonyl (C=O) groups excluding carboxylic acids is 2. The van der Waals surface area contributed by atoms with Gasteiger partial charge in [0.25, 0.3) is 0 Å². The molecule has 0 saturated carbocycles. The van der Waals surface area contributed by atoms with Crippen molar-refractivity contribution in [3.63, 3.8) is 0 Å². The van der Waals surface area contributed by atoms with Crippen molar-refractivity contribution in [3.05, 3.63) is 67.6 Å². The fourth-order valence-electron chi connectivity index (χ4n) is 2.41. The number of Topliss-reactive ketones (excluding diaryl/α,β-unsaturated/α-hetero) is 2. The van der Waals surface area contributed by atoms with Gasteiger partial charge in [0, 0.05) is 0 Å². The highest BCUT2D eigenvalue weighted by atomic mass is 35.5. The maximum atomic E-state index is 13.1. The Morgan fingerprint density at radius 2 is 1.16 bits per heavy atom. The average molecular weight is 436 g/mol. The van der Waals surface area contributed by atoms with E-state index in [1.165, 1.54) is 24.3 Å². The van der Waals surface area contributed by atoms with Gasteiger partial charge >= 0.3 is 0 Å². The van der Waals surface area contributed by atoms with Gasteiger partial charge in [0.15, 0.2) is 25.2 Å². The highest BCUT2D eigenvalue weighted by Crippen LogP contribution is 2.41. The molecule has 0 aromatic heterocycles. The Labute approximate surface area is 166 Å². The molecular formula is C17H11Cl4O3P. The third kappa shape index (κ3) is 3.63. The molecule has 25 heavy (non-hydrogen) atoms. The molecule has 0 unspecified atom stereocenters. The van der Waals surface area contributed by atoms with Gasteiger partial charge in [-0.1, -0.05) is 65.5 Å². The monoisotopic (exact) mass is 434 g/mol. The van der Waals surface area contributed by atoms with Crippen molar-refractivity contribution in [1.29, 1.82) is 0 Å². The van der Waals surface area contributed by atoms with Crippen molar-refractivity contribution in [2.75, 3.05) is 0 Å². The molecule has 0 bridgehead atoms. The normalized spacial score (nSPS) is 11.6. The summed E-state index contributed by atoms with van der Waals surface area (Å²) < 4.78 is 12.0. The van der Waals surface area contributed by atoms with Crippen LogP contribution in [0, 0.1) is 0 Å². The molecule has 0 aliphatic heterocycles. The second-order valence-corrected chi connectivity index (χ2v) is 7.73. The third-order valence-corrected chi connectivity index (χ3v) is 6.09.